The van der Waals surface area contributed by atoms with E-state index in [2.05, 4.69) is 22.6 Å². The number of rotatable bonds is 6. The van der Waals surface area contributed by atoms with Crippen molar-refractivity contribution < 1.29 is 14.4 Å². The number of nitrogens with zero attached hydrogens (tertiary/aromatic N) is 2. The minimum atomic E-state index is -0.753. The number of anilines is 1. The molecule has 36 heavy (non-hydrogen) atoms. The summed E-state index contributed by atoms with van der Waals surface area (Å²) in [5.41, 5.74) is 1.23. The molecular weight excluding hydrogens is 587 g/mol. The Bertz CT molecular complexity index is 1180. The maximum Gasteiger partial charge on any atom is 0.257 e. The van der Waals surface area contributed by atoms with Gasteiger partial charge in [0, 0.05) is 15.1 Å². The molecule has 1 atom stereocenters. The Morgan fingerprint density at radius 2 is 1.64 bits per heavy atom. The molecule has 7 heteroatoms. The van der Waals surface area contributed by atoms with Crippen LogP contribution >= 0.6 is 34.2 Å². The summed E-state index contributed by atoms with van der Waals surface area (Å²) in [5, 5.41) is 0.656. The van der Waals surface area contributed by atoms with Crippen LogP contribution in [0.15, 0.2) is 48.5 Å². The van der Waals surface area contributed by atoms with Crippen molar-refractivity contribution in [2.75, 3.05) is 11.4 Å². The smallest absolute Gasteiger partial charge is 0.257 e. The predicted molar refractivity (Wildman–Crippen MR) is 148 cm³/mol. The highest BCUT2D eigenvalue weighted by Gasteiger charge is 2.57. The number of amides is 3. The van der Waals surface area contributed by atoms with Gasteiger partial charge in [-0.25, -0.2) is 4.90 Å². The Morgan fingerprint density at radius 1 is 1.00 bits per heavy atom. The molecule has 4 aliphatic carbocycles. The van der Waals surface area contributed by atoms with Gasteiger partial charge in [0.15, 0.2) is 0 Å². The number of benzene rings is 2. The van der Waals surface area contributed by atoms with Crippen LogP contribution in [0.1, 0.15) is 50.5 Å². The standard InChI is InChI=1S/C29H30ClIN2O3/c30-22-3-1-2-18(13-22)8-9-32(28(36)29-15-19-10-20(16-29)12-21(11-19)17-29)25-14-26(34)33(27(25)35)24-6-4-23(31)5-7-24/h1-7,13,19-21,25H,8-12,14-17H2. The summed E-state index contributed by atoms with van der Waals surface area (Å²) in [4.78, 5) is 44.3. The summed E-state index contributed by atoms with van der Waals surface area (Å²) in [6.07, 6.45) is 7.17. The molecule has 4 bridgehead atoms. The summed E-state index contributed by atoms with van der Waals surface area (Å²) in [7, 11) is 0. The molecule has 1 aliphatic heterocycles. The van der Waals surface area contributed by atoms with E-state index in [4.69, 9.17) is 11.6 Å². The summed E-state index contributed by atoms with van der Waals surface area (Å²) < 4.78 is 1.03. The molecule has 5 nitrogen and oxygen atoms in total. The van der Waals surface area contributed by atoms with E-state index in [1.54, 1.807) is 17.0 Å². The number of halogens is 2. The van der Waals surface area contributed by atoms with Crippen molar-refractivity contribution in [1.82, 2.24) is 4.90 Å². The van der Waals surface area contributed by atoms with Gasteiger partial charge in [0.25, 0.3) is 5.91 Å². The first-order valence-corrected chi connectivity index (χ1v) is 14.4. The Hall–Kier alpha value is -1.93. The second-order valence-corrected chi connectivity index (χ2v) is 13.0. The second-order valence-electron chi connectivity index (χ2n) is 11.3. The van der Waals surface area contributed by atoms with Gasteiger partial charge in [-0.1, -0.05) is 23.7 Å². The minimum Gasteiger partial charge on any atom is -0.329 e. The van der Waals surface area contributed by atoms with Crippen molar-refractivity contribution in [3.63, 3.8) is 0 Å². The van der Waals surface area contributed by atoms with Crippen LogP contribution in [0.5, 0.6) is 0 Å². The lowest BCUT2D eigenvalue weighted by Crippen LogP contribution is -2.58. The van der Waals surface area contributed by atoms with Gasteiger partial charge in [-0.15, -0.1) is 0 Å². The first-order chi connectivity index (χ1) is 17.3. The summed E-state index contributed by atoms with van der Waals surface area (Å²) in [6.45, 7) is 0.408. The Labute approximate surface area is 230 Å². The van der Waals surface area contributed by atoms with Crippen molar-refractivity contribution in [3.05, 3.63) is 62.7 Å². The van der Waals surface area contributed by atoms with E-state index in [0.717, 1.165) is 28.4 Å². The normalized spacial score (nSPS) is 30.8. The molecule has 0 N–H and O–H groups in total. The van der Waals surface area contributed by atoms with Crippen LogP contribution in [0.4, 0.5) is 5.69 Å². The second kappa shape index (κ2) is 9.43. The van der Waals surface area contributed by atoms with E-state index >= 15 is 0 Å². The fraction of sp³-hybridized carbons (Fsp3) is 0.483. The number of imide groups is 1. The molecule has 188 valence electrons. The first kappa shape index (κ1) is 24.4. The van der Waals surface area contributed by atoms with E-state index in [1.165, 1.54) is 24.2 Å². The third kappa shape index (κ3) is 4.38. The van der Waals surface area contributed by atoms with Gasteiger partial charge in [0.1, 0.15) is 6.04 Å². The summed E-state index contributed by atoms with van der Waals surface area (Å²) >= 11 is 8.42. The number of hydrogen-bond acceptors (Lipinski definition) is 3. The fourth-order valence-corrected chi connectivity index (χ4v) is 8.31. The fourth-order valence-electron chi connectivity index (χ4n) is 7.74. The molecule has 7 rings (SSSR count). The predicted octanol–water partition coefficient (Wildman–Crippen LogP) is 5.86. The van der Waals surface area contributed by atoms with Gasteiger partial charge in [-0.3, -0.25) is 14.4 Å². The molecule has 3 amide bonds. The van der Waals surface area contributed by atoms with Crippen LogP contribution in [0.2, 0.25) is 5.02 Å². The van der Waals surface area contributed by atoms with E-state index in [-0.39, 0.29) is 29.6 Å². The van der Waals surface area contributed by atoms with Crippen LogP contribution in [0.3, 0.4) is 0 Å². The minimum absolute atomic E-state index is 0.0402. The van der Waals surface area contributed by atoms with Gasteiger partial charge >= 0.3 is 0 Å². The average Bonchev–Trinajstić information content (AvgIpc) is 3.12. The Balaban J connectivity index is 1.31. The molecule has 2 aromatic carbocycles. The Kier molecular flexibility index (Phi) is 6.39. The molecule has 0 aromatic heterocycles. The number of hydrogen-bond donors (Lipinski definition) is 0. The van der Waals surface area contributed by atoms with Crippen molar-refractivity contribution in [3.8, 4) is 0 Å². The zero-order valence-electron chi connectivity index (χ0n) is 20.2. The van der Waals surface area contributed by atoms with Gasteiger partial charge in [0.2, 0.25) is 11.8 Å². The largest absolute Gasteiger partial charge is 0.329 e. The number of carbonyl (C=O) groups is 3. The molecule has 1 saturated heterocycles. The third-order valence-corrected chi connectivity index (χ3v) is 9.82. The maximum atomic E-state index is 14.4. The van der Waals surface area contributed by atoms with Crippen molar-refractivity contribution in [2.45, 2.75) is 57.4 Å². The summed E-state index contributed by atoms with van der Waals surface area (Å²) in [5.74, 6) is 1.44. The highest BCUT2D eigenvalue weighted by atomic mass is 127. The lowest BCUT2D eigenvalue weighted by atomic mass is 9.49. The SMILES string of the molecule is O=C1CC(N(CCc2cccc(Cl)c2)C(=O)C23CC4CC(CC(C4)C2)C3)C(=O)N1c1ccc(I)cc1. The molecule has 0 spiro atoms. The van der Waals surface area contributed by atoms with E-state index in [9.17, 15) is 14.4 Å². The van der Waals surface area contributed by atoms with Gasteiger partial charge < -0.3 is 4.90 Å². The highest BCUT2D eigenvalue weighted by Crippen LogP contribution is 2.60. The Morgan fingerprint density at radius 3 is 2.25 bits per heavy atom. The van der Waals surface area contributed by atoms with Crippen molar-refractivity contribution >= 4 is 57.6 Å². The third-order valence-electron chi connectivity index (χ3n) is 8.87. The lowest BCUT2D eigenvalue weighted by Gasteiger charge is -2.57. The molecular formula is C29H30ClIN2O3. The van der Waals surface area contributed by atoms with Crippen LogP contribution in [0, 0.1) is 26.7 Å². The first-order valence-electron chi connectivity index (χ1n) is 13.0. The molecule has 0 radical (unpaired) electrons. The van der Waals surface area contributed by atoms with Crippen LogP contribution in [-0.4, -0.2) is 35.2 Å². The molecule has 1 heterocycles. The lowest BCUT2D eigenvalue weighted by molar-refractivity contribution is -0.161. The van der Waals surface area contributed by atoms with Crippen molar-refractivity contribution in [2.24, 2.45) is 23.2 Å². The van der Waals surface area contributed by atoms with Gasteiger partial charge in [0.05, 0.1) is 17.5 Å². The van der Waals surface area contributed by atoms with Crippen molar-refractivity contribution in [1.29, 1.82) is 0 Å². The van der Waals surface area contributed by atoms with Gasteiger partial charge in [-0.05, 0) is 127 Å². The van der Waals surface area contributed by atoms with E-state index in [0.29, 0.717) is 41.4 Å². The van der Waals surface area contributed by atoms with Crippen LogP contribution < -0.4 is 4.90 Å². The zero-order chi connectivity index (χ0) is 25.0. The average molecular weight is 617 g/mol. The molecule has 4 saturated carbocycles. The zero-order valence-corrected chi connectivity index (χ0v) is 23.1. The molecule has 2 aromatic rings. The number of carbonyl (C=O) groups excluding carboxylic acids is 3. The quantitative estimate of drug-likeness (QED) is 0.302. The van der Waals surface area contributed by atoms with Gasteiger partial charge in [-0.2, -0.15) is 0 Å². The molecule has 5 aliphatic rings. The highest BCUT2D eigenvalue weighted by molar-refractivity contribution is 14.1. The van der Waals surface area contributed by atoms with Crippen LogP contribution in [-0.2, 0) is 20.8 Å². The molecule has 5 fully saturated rings. The maximum absolute atomic E-state index is 14.4. The van der Waals surface area contributed by atoms with E-state index < -0.39 is 6.04 Å². The topological polar surface area (TPSA) is 57.7 Å². The monoisotopic (exact) mass is 616 g/mol. The van der Waals surface area contributed by atoms with Crippen LogP contribution in [0.25, 0.3) is 0 Å². The van der Waals surface area contributed by atoms with E-state index in [1.807, 2.05) is 36.4 Å². The summed E-state index contributed by atoms with van der Waals surface area (Å²) in [6, 6.07) is 14.3. The molecule has 1 unspecified atom stereocenters.